The largest absolute Gasteiger partial charge is 0.491 e. The molecule has 1 fully saturated rings. The molecule has 0 aliphatic carbocycles. The number of piperidine rings is 1. The molecule has 4 heterocycles. The average molecular weight is 344 g/mol. The Morgan fingerprint density at radius 1 is 1.44 bits per heavy atom. The van der Waals surface area contributed by atoms with Crippen LogP contribution >= 0.6 is 0 Å². The number of aliphatic hydroxyl groups is 1. The minimum Gasteiger partial charge on any atom is -0.491 e. The zero-order valence-corrected chi connectivity index (χ0v) is 14.4. The number of nitrogens with zero attached hydrogens (tertiary/aromatic N) is 3. The van der Waals surface area contributed by atoms with Gasteiger partial charge in [0.25, 0.3) is 0 Å². The average Bonchev–Trinajstić information content (AvgIpc) is 3.06. The lowest BCUT2D eigenvalue weighted by Crippen LogP contribution is -2.49. The fraction of sp³-hybridized carbons (Fsp3) is 0.556. The van der Waals surface area contributed by atoms with Gasteiger partial charge in [-0.15, -0.1) is 0 Å². The number of fused-ring (bicyclic) bond motifs is 3. The molecule has 0 bridgehead atoms. The van der Waals surface area contributed by atoms with Crippen molar-refractivity contribution in [1.82, 2.24) is 14.9 Å². The Balaban J connectivity index is 1.61. The molecule has 1 saturated heterocycles. The standard InChI is InChI=1S/C18H24N4O3/c1-24-16-3-2-14-18(21-16)17-12(10-25-15(17)6-20-14)8-22-5-4-13(19)11(7-22)9-23/h2-3,6,11-13,23H,4-5,7-10,19H2,1H3/t11-,12?,13-/m0/s1. The van der Waals surface area contributed by atoms with Gasteiger partial charge in [0.05, 0.1) is 25.4 Å². The van der Waals surface area contributed by atoms with Crippen LogP contribution in [0.3, 0.4) is 0 Å². The molecule has 2 aromatic rings. The van der Waals surface area contributed by atoms with Crippen molar-refractivity contribution in [3.8, 4) is 11.6 Å². The Kier molecular flexibility index (Phi) is 4.45. The Morgan fingerprint density at radius 2 is 2.32 bits per heavy atom. The predicted octanol–water partition coefficient (Wildman–Crippen LogP) is 0.756. The molecular formula is C18H24N4O3. The van der Waals surface area contributed by atoms with Gasteiger partial charge in [-0.1, -0.05) is 0 Å². The summed E-state index contributed by atoms with van der Waals surface area (Å²) in [5, 5.41) is 9.53. The number of methoxy groups -OCH3 is 1. The minimum absolute atomic E-state index is 0.0873. The number of rotatable bonds is 4. The van der Waals surface area contributed by atoms with E-state index in [-0.39, 0.29) is 24.5 Å². The zero-order valence-electron chi connectivity index (χ0n) is 14.4. The highest BCUT2D eigenvalue weighted by molar-refractivity contribution is 5.81. The number of likely N-dealkylation sites (tertiary alicyclic amines) is 1. The van der Waals surface area contributed by atoms with Crippen LogP contribution in [-0.4, -0.2) is 66.0 Å². The van der Waals surface area contributed by atoms with Gasteiger partial charge in [-0.05, 0) is 19.0 Å². The van der Waals surface area contributed by atoms with E-state index in [4.69, 9.17) is 15.2 Å². The molecule has 1 unspecified atom stereocenters. The molecule has 7 heteroatoms. The molecule has 25 heavy (non-hydrogen) atoms. The quantitative estimate of drug-likeness (QED) is 0.845. The topological polar surface area (TPSA) is 93.7 Å². The minimum atomic E-state index is 0.0873. The lowest BCUT2D eigenvalue weighted by molar-refractivity contribution is 0.0972. The molecule has 0 amide bonds. The molecule has 4 rings (SSSR count). The van der Waals surface area contributed by atoms with Crippen LogP contribution in [0.25, 0.3) is 11.0 Å². The van der Waals surface area contributed by atoms with Crippen LogP contribution in [-0.2, 0) is 0 Å². The lowest BCUT2D eigenvalue weighted by Gasteiger charge is -2.37. The molecule has 0 aromatic carbocycles. The molecule has 2 aliphatic rings. The first-order chi connectivity index (χ1) is 12.2. The number of ether oxygens (including phenoxy) is 2. The maximum Gasteiger partial charge on any atom is 0.213 e. The highest BCUT2D eigenvalue weighted by atomic mass is 16.5. The van der Waals surface area contributed by atoms with Crippen molar-refractivity contribution in [2.45, 2.75) is 18.4 Å². The monoisotopic (exact) mass is 344 g/mol. The normalized spacial score (nSPS) is 26.4. The third-order valence-corrected chi connectivity index (χ3v) is 5.34. The van der Waals surface area contributed by atoms with E-state index in [0.29, 0.717) is 12.5 Å². The Morgan fingerprint density at radius 3 is 3.12 bits per heavy atom. The molecule has 0 saturated carbocycles. The smallest absolute Gasteiger partial charge is 0.213 e. The summed E-state index contributed by atoms with van der Waals surface area (Å²) in [6, 6.07) is 3.84. The third-order valence-electron chi connectivity index (χ3n) is 5.34. The fourth-order valence-corrected chi connectivity index (χ4v) is 3.89. The van der Waals surface area contributed by atoms with E-state index in [1.807, 2.05) is 12.1 Å². The van der Waals surface area contributed by atoms with Crippen LogP contribution in [0.5, 0.6) is 11.6 Å². The van der Waals surface area contributed by atoms with Gasteiger partial charge < -0.3 is 25.2 Å². The summed E-state index contributed by atoms with van der Waals surface area (Å²) in [4.78, 5) is 11.4. The zero-order chi connectivity index (χ0) is 17.4. The highest BCUT2D eigenvalue weighted by Gasteiger charge is 2.33. The van der Waals surface area contributed by atoms with Crippen molar-refractivity contribution < 1.29 is 14.6 Å². The molecule has 2 aromatic heterocycles. The van der Waals surface area contributed by atoms with Crippen LogP contribution in [0.4, 0.5) is 0 Å². The summed E-state index contributed by atoms with van der Waals surface area (Å²) >= 11 is 0. The highest BCUT2D eigenvalue weighted by Crippen LogP contribution is 2.39. The first kappa shape index (κ1) is 16.5. The molecule has 3 atom stereocenters. The van der Waals surface area contributed by atoms with Gasteiger partial charge in [0.1, 0.15) is 11.3 Å². The van der Waals surface area contributed by atoms with Crippen molar-refractivity contribution in [2.75, 3.05) is 40.0 Å². The molecular weight excluding hydrogens is 320 g/mol. The summed E-state index contributed by atoms with van der Waals surface area (Å²) in [5.41, 5.74) is 8.91. The fourth-order valence-electron chi connectivity index (χ4n) is 3.89. The van der Waals surface area contributed by atoms with Gasteiger partial charge in [-0.2, -0.15) is 0 Å². The second-order valence-electron chi connectivity index (χ2n) is 6.92. The van der Waals surface area contributed by atoms with Gasteiger partial charge in [-0.3, -0.25) is 4.98 Å². The third kappa shape index (κ3) is 3.03. The lowest BCUT2D eigenvalue weighted by atomic mass is 9.92. The van der Waals surface area contributed by atoms with Crippen LogP contribution in [0.2, 0.25) is 0 Å². The van der Waals surface area contributed by atoms with Gasteiger partial charge in [0.2, 0.25) is 5.88 Å². The van der Waals surface area contributed by atoms with Crippen LogP contribution in [0, 0.1) is 5.92 Å². The van der Waals surface area contributed by atoms with E-state index in [2.05, 4.69) is 14.9 Å². The maximum atomic E-state index is 9.53. The maximum absolute atomic E-state index is 9.53. The van der Waals surface area contributed by atoms with E-state index >= 15 is 0 Å². The van der Waals surface area contributed by atoms with E-state index in [0.717, 1.165) is 48.4 Å². The number of hydrogen-bond acceptors (Lipinski definition) is 7. The van der Waals surface area contributed by atoms with Gasteiger partial charge in [0.15, 0.2) is 0 Å². The van der Waals surface area contributed by atoms with Crippen molar-refractivity contribution in [3.05, 3.63) is 23.9 Å². The van der Waals surface area contributed by atoms with Crippen LogP contribution in [0.1, 0.15) is 17.9 Å². The van der Waals surface area contributed by atoms with E-state index < -0.39 is 0 Å². The molecule has 134 valence electrons. The summed E-state index contributed by atoms with van der Waals surface area (Å²) in [5.74, 6) is 1.76. The summed E-state index contributed by atoms with van der Waals surface area (Å²) in [6.07, 6.45) is 2.70. The number of nitrogens with two attached hydrogens (primary N) is 1. The van der Waals surface area contributed by atoms with E-state index in [1.54, 1.807) is 13.3 Å². The van der Waals surface area contributed by atoms with E-state index in [1.165, 1.54) is 0 Å². The second kappa shape index (κ2) is 6.74. The van der Waals surface area contributed by atoms with Crippen molar-refractivity contribution in [1.29, 1.82) is 0 Å². The van der Waals surface area contributed by atoms with E-state index in [9.17, 15) is 5.11 Å². The van der Waals surface area contributed by atoms with Gasteiger partial charge >= 0.3 is 0 Å². The predicted molar refractivity (Wildman–Crippen MR) is 93.9 cm³/mol. The molecule has 3 N–H and O–H groups in total. The van der Waals surface area contributed by atoms with Crippen molar-refractivity contribution >= 4 is 11.0 Å². The number of aliphatic hydroxyl groups excluding tert-OH is 1. The molecule has 7 nitrogen and oxygen atoms in total. The van der Waals surface area contributed by atoms with Gasteiger partial charge in [0, 0.05) is 49.2 Å². The molecule has 0 spiro atoms. The Hall–Kier alpha value is -1.96. The number of hydrogen-bond donors (Lipinski definition) is 2. The SMILES string of the molecule is COc1ccc2ncc3c(c2n1)C(CN1CC[C@H](N)[C@H](CO)C1)CO3. The Labute approximate surface area is 146 Å². The van der Waals surface area contributed by atoms with Crippen molar-refractivity contribution in [2.24, 2.45) is 11.7 Å². The summed E-state index contributed by atoms with van der Waals surface area (Å²) in [6.45, 7) is 3.41. The van der Waals surface area contributed by atoms with Gasteiger partial charge in [-0.25, -0.2) is 4.98 Å². The molecule has 0 radical (unpaired) electrons. The number of aromatic nitrogens is 2. The summed E-state index contributed by atoms with van der Waals surface area (Å²) in [7, 11) is 1.62. The first-order valence-electron chi connectivity index (χ1n) is 8.75. The van der Waals surface area contributed by atoms with Crippen LogP contribution in [0.15, 0.2) is 18.3 Å². The Bertz CT molecular complexity index is 769. The number of pyridine rings is 2. The summed E-state index contributed by atoms with van der Waals surface area (Å²) < 4.78 is 11.1. The second-order valence-corrected chi connectivity index (χ2v) is 6.92. The molecule has 2 aliphatic heterocycles. The first-order valence-corrected chi connectivity index (χ1v) is 8.75. The van der Waals surface area contributed by atoms with Crippen molar-refractivity contribution in [3.63, 3.8) is 0 Å². The van der Waals surface area contributed by atoms with Crippen LogP contribution < -0.4 is 15.2 Å².